The van der Waals surface area contributed by atoms with Crippen molar-refractivity contribution in [2.75, 3.05) is 0 Å². The van der Waals surface area contributed by atoms with Crippen LogP contribution in [0.2, 0.25) is 0 Å². The monoisotopic (exact) mass is 242 g/mol. The summed E-state index contributed by atoms with van der Waals surface area (Å²) in [5, 5.41) is 4.20. The van der Waals surface area contributed by atoms with E-state index in [0.29, 0.717) is 4.77 Å². The number of rotatable bonds is 1. The van der Waals surface area contributed by atoms with E-state index in [1.54, 1.807) is 10.9 Å². The van der Waals surface area contributed by atoms with Crippen LogP contribution in [0.1, 0.15) is 0 Å². The Morgan fingerprint density at radius 1 is 1.29 bits per heavy atom. The lowest BCUT2D eigenvalue weighted by Gasteiger charge is -1.99. The first-order valence-corrected chi connectivity index (χ1v) is 5.63. The molecule has 0 aliphatic carbocycles. The standard InChI is InChI=1S/C12H10N4S/c1-16-12(17)14-11(15-16)9-4-5-10-8(7-9)3-2-6-13-10/h2-7H,1H3,(H,14,15,17). The van der Waals surface area contributed by atoms with Gasteiger partial charge in [-0.1, -0.05) is 6.07 Å². The van der Waals surface area contributed by atoms with Crippen molar-refractivity contribution in [3.8, 4) is 11.4 Å². The number of hydrogen-bond donors (Lipinski definition) is 1. The fourth-order valence-corrected chi connectivity index (χ4v) is 1.89. The zero-order valence-electron chi connectivity index (χ0n) is 9.21. The quantitative estimate of drug-likeness (QED) is 0.667. The van der Waals surface area contributed by atoms with Crippen molar-refractivity contribution >= 4 is 23.1 Å². The largest absolute Gasteiger partial charge is 0.279 e. The van der Waals surface area contributed by atoms with Crippen molar-refractivity contribution in [2.45, 2.75) is 0 Å². The van der Waals surface area contributed by atoms with E-state index in [-0.39, 0.29) is 0 Å². The zero-order chi connectivity index (χ0) is 11.8. The summed E-state index contributed by atoms with van der Waals surface area (Å²) >= 11 is 5.08. The molecule has 1 aromatic carbocycles. The summed E-state index contributed by atoms with van der Waals surface area (Å²) in [6, 6.07) is 9.98. The zero-order valence-corrected chi connectivity index (χ0v) is 10.0. The third-order valence-electron chi connectivity index (χ3n) is 2.64. The molecule has 0 aliphatic heterocycles. The van der Waals surface area contributed by atoms with Crippen molar-refractivity contribution in [1.82, 2.24) is 19.7 Å². The molecule has 0 amide bonds. The second-order valence-corrected chi connectivity index (χ2v) is 4.19. The van der Waals surface area contributed by atoms with Gasteiger partial charge in [0.15, 0.2) is 5.82 Å². The van der Waals surface area contributed by atoms with Gasteiger partial charge in [0.05, 0.1) is 5.52 Å². The Labute approximate surface area is 103 Å². The van der Waals surface area contributed by atoms with E-state index in [2.05, 4.69) is 21.1 Å². The highest BCUT2D eigenvalue weighted by Gasteiger charge is 2.04. The Hall–Kier alpha value is -2.01. The highest BCUT2D eigenvalue weighted by atomic mass is 32.1. The van der Waals surface area contributed by atoms with Crippen LogP contribution in [0, 0.1) is 4.77 Å². The van der Waals surface area contributed by atoms with Crippen LogP contribution >= 0.6 is 12.2 Å². The molecule has 1 N–H and O–H groups in total. The Morgan fingerprint density at radius 2 is 2.18 bits per heavy atom. The predicted molar refractivity (Wildman–Crippen MR) is 69.1 cm³/mol. The summed E-state index contributed by atoms with van der Waals surface area (Å²) in [7, 11) is 1.85. The van der Waals surface area contributed by atoms with Crippen LogP contribution in [0.5, 0.6) is 0 Å². The first-order valence-electron chi connectivity index (χ1n) is 5.22. The van der Waals surface area contributed by atoms with Crippen LogP contribution < -0.4 is 0 Å². The van der Waals surface area contributed by atoms with Gasteiger partial charge in [-0.05, 0) is 36.5 Å². The summed E-state index contributed by atoms with van der Waals surface area (Å²) in [5.41, 5.74) is 1.99. The van der Waals surface area contributed by atoms with Crippen molar-refractivity contribution < 1.29 is 0 Å². The Morgan fingerprint density at radius 3 is 2.94 bits per heavy atom. The Kier molecular flexibility index (Phi) is 2.26. The van der Waals surface area contributed by atoms with Gasteiger partial charge < -0.3 is 0 Å². The minimum Gasteiger partial charge on any atom is -0.279 e. The molecule has 0 saturated heterocycles. The van der Waals surface area contributed by atoms with Gasteiger partial charge in [-0.25, -0.2) is 0 Å². The average molecular weight is 242 g/mol. The topological polar surface area (TPSA) is 46.5 Å². The number of aromatic nitrogens is 4. The number of pyridine rings is 1. The van der Waals surface area contributed by atoms with Gasteiger partial charge in [-0.2, -0.15) is 4.98 Å². The van der Waals surface area contributed by atoms with Gasteiger partial charge in [-0.15, -0.1) is 0 Å². The van der Waals surface area contributed by atoms with Gasteiger partial charge >= 0.3 is 0 Å². The average Bonchev–Trinajstić information content (AvgIpc) is 2.69. The molecule has 0 saturated carbocycles. The van der Waals surface area contributed by atoms with Gasteiger partial charge in [0.25, 0.3) is 0 Å². The third-order valence-corrected chi connectivity index (χ3v) is 3.01. The minimum absolute atomic E-state index is 0.547. The van der Waals surface area contributed by atoms with Gasteiger partial charge in [0.2, 0.25) is 4.77 Å². The molecule has 0 aliphatic rings. The SMILES string of the molecule is Cn1[nH]c(-c2ccc3ncccc3c2)nc1=S. The molecular weight excluding hydrogens is 232 g/mol. The molecule has 0 radical (unpaired) electrons. The summed E-state index contributed by atoms with van der Waals surface area (Å²) in [6.07, 6.45) is 1.79. The molecule has 0 bridgehead atoms. The van der Waals surface area contributed by atoms with Crippen molar-refractivity contribution in [3.63, 3.8) is 0 Å². The minimum atomic E-state index is 0.547. The second kappa shape index (κ2) is 3.78. The van der Waals surface area contributed by atoms with Crippen LogP contribution in [0.25, 0.3) is 22.3 Å². The third kappa shape index (κ3) is 1.74. The molecule has 0 atom stereocenters. The lowest BCUT2D eigenvalue weighted by atomic mass is 10.1. The Bertz CT molecular complexity index is 741. The number of H-pyrrole nitrogens is 1. The number of benzene rings is 1. The van der Waals surface area contributed by atoms with Crippen molar-refractivity contribution in [2.24, 2.45) is 7.05 Å². The molecule has 0 fully saturated rings. The molecule has 2 aromatic heterocycles. The van der Waals surface area contributed by atoms with Crippen LogP contribution in [0.3, 0.4) is 0 Å². The molecule has 0 spiro atoms. The molecule has 5 heteroatoms. The van der Waals surface area contributed by atoms with E-state index >= 15 is 0 Å². The summed E-state index contributed by atoms with van der Waals surface area (Å²) < 4.78 is 2.27. The van der Waals surface area contributed by atoms with E-state index < -0.39 is 0 Å². The number of aryl methyl sites for hydroxylation is 1. The van der Waals surface area contributed by atoms with E-state index in [1.807, 2.05) is 31.3 Å². The lowest BCUT2D eigenvalue weighted by Crippen LogP contribution is -1.89. The fraction of sp³-hybridized carbons (Fsp3) is 0.0833. The van der Waals surface area contributed by atoms with Crippen LogP contribution in [-0.4, -0.2) is 19.7 Å². The van der Waals surface area contributed by atoms with Crippen molar-refractivity contribution in [3.05, 3.63) is 41.3 Å². The fourth-order valence-electron chi connectivity index (χ4n) is 1.75. The molecule has 4 nitrogen and oxygen atoms in total. The maximum atomic E-state index is 5.08. The highest BCUT2D eigenvalue weighted by Crippen LogP contribution is 2.20. The number of hydrogen-bond acceptors (Lipinski definition) is 3. The van der Waals surface area contributed by atoms with Gasteiger partial charge in [0.1, 0.15) is 0 Å². The molecular formula is C12H10N4S. The summed E-state index contributed by atoms with van der Waals surface area (Å²) in [5.74, 6) is 0.781. The van der Waals surface area contributed by atoms with Crippen molar-refractivity contribution in [1.29, 1.82) is 0 Å². The first-order chi connectivity index (χ1) is 8.24. The van der Waals surface area contributed by atoms with Crippen LogP contribution in [-0.2, 0) is 7.05 Å². The predicted octanol–water partition coefficient (Wildman–Crippen LogP) is 2.69. The number of aromatic amines is 1. The summed E-state index contributed by atoms with van der Waals surface area (Å²) in [6.45, 7) is 0. The molecule has 3 aromatic rings. The Balaban J connectivity index is 2.21. The maximum absolute atomic E-state index is 5.08. The molecule has 84 valence electrons. The second-order valence-electron chi connectivity index (χ2n) is 3.82. The van der Waals surface area contributed by atoms with E-state index in [1.165, 1.54) is 0 Å². The van der Waals surface area contributed by atoms with E-state index in [4.69, 9.17) is 12.2 Å². The number of nitrogens with one attached hydrogen (secondary N) is 1. The number of fused-ring (bicyclic) bond motifs is 1. The van der Waals surface area contributed by atoms with Crippen LogP contribution in [0.4, 0.5) is 0 Å². The first kappa shape index (κ1) is 10.2. The molecule has 17 heavy (non-hydrogen) atoms. The molecule has 3 rings (SSSR count). The normalized spacial score (nSPS) is 10.9. The van der Waals surface area contributed by atoms with Gasteiger partial charge in [-0.3, -0.25) is 14.8 Å². The van der Waals surface area contributed by atoms with Crippen LogP contribution in [0.15, 0.2) is 36.5 Å². The maximum Gasteiger partial charge on any atom is 0.216 e. The smallest absolute Gasteiger partial charge is 0.216 e. The van der Waals surface area contributed by atoms with Gasteiger partial charge in [0, 0.05) is 24.2 Å². The van der Waals surface area contributed by atoms with E-state index in [9.17, 15) is 0 Å². The lowest BCUT2D eigenvalue weighted by molar-refractivity contribution is 0.756. The summed E-state index contributed by atoms with van der Waals surface area (Å²) in [4.78, 5) is 8.57. The number of nitrogens with zero attached hydrogens (tertiary/aromatic N) is 3. The highest BCUT2D eigenvalue weighted by molar-refractivity contribution is 7.71. The molecule has 2 heterocycles. The molecule has 0 unspecified atom stereocenters. The van der Waals surface area contributed by atoms with E-state index in [0.717, 1.165) is 22.3 Å².